The topological polar surface area (TPSA) is 87.7 Å². The van der Waals surface area contributed by atoms with Gasteiger partial charge in [0.2, 0.25) is 5.91 Å². The molecule has 168 valence electrons. The van der Waals surface area contributed by atoms with Crippen molar-refractivity contribution in [3.05, 3.63) is 40.4 Å². The summed E-state index contributed by atoms with van der Waals surface area (Å²) in [6.45, 7) is 7.03. The summed E-state index contributed by atoms with van der Waals surface area (Å²) in [4.78, 5) is 37.8. The zero-order valence-corrected chi connectivity index (χ0v) is 18.9. The molecular weight excluding hydrogens is 418 g/mol. The van der Waals surface area contributed by atoms with E-state index in [9.17, 15) is 14.4 Å². The van der Waals surface area contributed by atoms with Crippen molar-refractivity contribution in [2.75, 3.05) is 13.2 Å². The lowest BCUT2D eigenvalue weighted by Crippen LogP contribution is -2.67. The second kappa shape index (κ2) is 10.2. The van der Waals surface area contributed by atoms with E-state index >= 15 is 0 Å². The highest BCUT2D eigenvalue weighted by Gasteiger charge is 2.48. The van der Waals surface area contributed by atoms with E-state index in [1.54, 1.807) is 0 Å². The number of nitrogens with zero attached hydrogens (tertiary/aromatic N) is 1. The highest BCUT2D eigenvalue weighted by Crippen LogP contribution is 2.37. The molecule has 2 heterocycles. The van der Waals surface area contributed by atoms with Crippen molar-refractivity contribution >= 4 is 35.7 Å². The van der Waals surface area contributed by atoms with E-state index in [-0.39, 0.29) is 31.1 Å². The Morgan fingerprint density at radius 2 is 1.90 bits per heavy atom. The highest BCUT2D eigenvalue weighted by molar-refractivity contribution is 6.30. The lowest BCUT2D eigenvalue weighted by Gasteiger charge is -2.46. The second-order valence-corrected chi connectivity index (χ2v) is 8.97. The number of carbonyl (C=O) groups excluding carboxylic acids is 3. The summed E-state index contributed by atoms with van der Waals surface area (Å²) >= 11 is 6.08. The minimum Gasteiger partial charge on any atom is -0.468 e. The Kier molecular flexibility index (Phi) is 7.59. The number of nitrogens with one attached hydrogen (secondary N) is 2. The fourth-order valence-electron chi connectivity index (χ4n) is 4.25. The zero-order chi connectivity index (χ0) is 22.5. The van der Waals surface area contributed by atoms with Gasteiger partial charge < -0.3 is 15.4 Å². The van der Waals surface area contributed by atoms with Crippen LogP contribution in [0.1, 0.15) is 45.6 Å². The number of hydrogen-bond acceptors (Lipinski definition) is 5. The third-order valence-electron chi connectivity index (χ3n) is 5.87. The highest BCUT2D eigenvalue weighted by atomic mass is 35.5. The number of carbonyl (C=O) groups is 3. The van der Waals surface area contributed by atoms with Crippen LogP contribution in [-0.2, 0) is 14.3 Å². The molecule has 0 spiro atoms. The molecule has 0 aromatic heterocycles. The third-order valence-corrected chi connectivity index (χ3v) is 6.12. The molecule has 3 rings (SSSR count). The number of rotatable bonds is 9. The Morgan fingerprint density at radius 1 is 1.19 bits per heavy atom. The lowest BCUT2D eigenvalue weighted by molar-refractivity contribution is -0.134. The van der Waals surface area contributed by atoms with Gasteiger partial charge in [-0.15, -0.1) is 0 Å². The van der Waals surface area contributed by atoms with Crippen LogP contribution >= 0.6 is 11.6 Å². The Labute approximate surface area is 188 Å². The number of urea groups is 1. The van der Waals surface area contributed by atoms with Gasteiger partial charge in [0, 0.05) is 23.3 Å². The summed E-state index contributed by atoms with van der Waals surface area (Å²) in [5, 5.41) is 7.21. The summed E-state index contributed by atoms with van der Waals surface area (Å²) in [6.07, 6.45) is 2.08. The summed E-state index contributed by atoms with van der Waals surface area (Å²) in [6, 6.07) is 6.75. The maximum Gasteiger partial charge on any atom is 0.324 e. The van der Waals surface area contributed by atoms with Crippen molar-refractivity contribution in [3.8, 4) is 0 Å². The molecule has 1 saturated heterocycles. The largest absolute Gasteiger partial charge is 0.468 e. The first kappa shape index (κ1) is 23.1. The minimum atomic E-state index is -0.439. The minimum absolute atomic E-state index is 0.119. The molecule has 7 nitrogen and oxygen atoms in total. The molecule has 3 unspecified atom stereocenters. The van der Waals surface area contributed by atoms with Crippen LogP contribution in [0.3, 0.4) is 0 Å². The molecule has 8 heteroatoms. The first-order valence-electron chi connectivity index (χ1n) is 10.8. The van der Waals surface area contributed by atoms with Gasteiger partial charge in [0.15, 0.2) is 0 Å². The fourth-order valence-corrected chi connectivity index (χ4v) is 4.37. The molecule has 0 radical (unpaired) electrons. The normalized spacial score (nSPS) is 23.4. The average Bonchev–Trinajstić information content (AvgIpc) is 2.73. The van der Waals surface area contributed by atoms with Crippen molar-refractivity contribution in [2.45, 2.75) is 52.1 Å². The van der Waals surface area contributed by atoms with Crippen LogP contribution in [0, 0.1) is 11.8 Å². The molecule has 0 saturated carbocycles. The van der Waals surface area contributed by atoms with E-state index in [0.717, 1.165) is 29.7 Å². The maximum atomic E-state index is 13.5. The number of halogens is 1. The third kappa shape index (κ3) is 5.21. The van der Waals surface area contributed by atoms with E-state index in [1.807, 2.05) is 31.2 Å². The van der Waals surface area contributed by atoms with Crippen molar-refractivity contribution in [2.24, 2.45) is 11.8 Å². The molecule has 1 aromatic rings. The van der Waals surface area contributed by atoms with Gasteiger partial charge in [0.05, 0.1) is 18.6 Å². The van der Waals surface area contributed by atoms with Crippen LogP contribution in [0.2, 0.25) is 5.02 Å². The van der Waals surface area contributed by atoms with Crippen molar-refractivity contribution in [1.29, 1.82) is 0 Å². The lowest BCUT2D eigenvalue weighted by atomic mass is 9.77. The average molecular weight is 448 g/mol. The van der Waals surface area contributed by atoms with Gasteiger partial charge in [-0.1, -0.05) is 37.6 Å². The van der Waals surface area contributed by atoms with E-state index in [2.05, 4.69) is 24.5 Å². The monoisotopic (exact) mass is 447 g/mol. The first-order chi connectivity index (χ1) is 14.8. The standard InChI is InChI=1S/C23H30ClN3O4/c1-14(2)5-10-18-19-20(15(3)25-21(18)16-6-8-17(24)9-7-16)26-23(30)27(22(19)29)11-4-12-31-13-28/h6-9,13-15,19-20,25H,4-5,10-12H2,1-3H3,(H,26,30). The van der Waals surface area contributed by atoms with Gasteiger partial charge in [0.1, 0.15) is 0 Å². The van der Waals surface area contributed by atoms with Crippen LogP contribution in [0.15, 0.2) is 29.8 Å². The van der Waals surface area contributed by atoms with Crippen LogP contribution in [0.4, 0.5) is 4.79 Å². The van der Waals surface area contributed by atoms with Crippen LogP contribution in [0.25, 0.3) is 5.70 Å². The summed E-state index contributed by atoms with van der Waals surface area (Å²) in [5.41, 5.74) is 2.93. The van der Waals surface area contributed by atoms with Gasteiger partial charge in [-0.2, -0.15) is 0 Å². The molecule has 2 N–H and O–H groups in total. The Balaban J connectivity index is 1.97. The summed E-state index contributed by atoms with van der Waals surface area (Å²) in [7, 11) is 0. The number of amides is 3. The zero-order valence-electron chi connectivity index (χ0n) is 18.2. The molecule has 3 amide bonds. The van der Waals surface area contributed by atoms with Gasteiger partial charge in [-0.25, -0.2) is 4.79 Å². The molecule has 0 aliphatic carbocycles. The maximum absolute atomic E-state index is 13.5. The predicted octanol–water partition coefficient (Wildman–Crippen LogP) is 3.58. The van der Waals surface area contributed by atoms with Crippen LogP contribution in [0.5, 0.6) is 0 Å². The number of ether oxygens (including phenoxy) is 1. The summed E-state index contributed by atoms with van der Waals surface area (Å²) < 4.78 is 4.71. The molecule has 1 aromatic carbocycles. The van der Waals surface area contributed by atoms with Crippen LogP contribution < -0.4 is 10.6 Å². The number of hydrogen-bond donors (Lipinski definition) is 2. The van der Waals surface area contributed by atoms with Crippen LogP contribution in [-0.4, -0.2) is 48.5 Å². The van der Waals surface area contributed by atoms with Gasteiger partial charge in [-0.3, -0.25) is 14.5 Å². The molecule has 2 aliphatic rings. The summed E-state index contributed by atoms with van der Waals surface area (Å²) in [5.74, 6) is -0.162. The van der Waals surface area contributed by atoms with Gasteiger partial charge >= 0.3 is 6.03 Å². The smallest absolute Gasteiger partial charge is 0.324 e. The Hall–Kier alpha value is -2.54. The van der Waals surface area contributed by atoms with Gasteiger partial charge in [0.25, 0.3) is 6.47 Å². The molecule has 31 heavy (non-hydrogen) atoms. The van der Waals surface area contributed by atoms with E-state index in [4.69, 9.17) is 16.3 Å². The number of fused-ring (bicyclic) bond motifs is 1. The van der Waals surface area contributed by atoms with Crippen molar-refractivity contribution in [1.82, 2.24) is 15.5 Å². The number of benzene rings is 1. The second-order valence-electron chi connectivity index (χ2n) is 8.54. The van der Waals surface area contributed by atoms with E-state index in [0.29, 0.717) is 23.8 Å². The fraction of sp³-hybridized carbons (Fsp3) is 0.522. The SMILES string of the molecule is CC(C)CCC1=C(c2ccc(Cl)cc2)NC(C)C2NC(=O)N(CCCOC=O)C(=O)C12. The molecule has 3 atom stereocenters. The van der Waals surface area contributed by atoms with Crippen molar-refractivity contribution < 1.29 is 19.1 Å². The molecule has 0 bridgehead atoms. The molecule has 1 fully saturated rings. The quantitative estimate of drug-likeness (QED) is 0.446. The van der Waals surface area contributed by atoms with Crippen molar-refractivity contribution in [3.63, 3.8) is 0 Å². The van der Waals surface area contributed by atoms with E-state index < -0.39 is 11.9 Å². The van der Waals surface area contributed by atoms with Gasteiger partial charge in [-0.05, 0) is 55.4 Å². The van der Waals surface area contributed by atoms with E-state index in [1.165, 1.54) is 4.90 Å². The molecular formula is C23H30ClN3O4. The first-order valence-corrected chi connectivity index (χ1v) is 11.1. The Bertz CT molecular complexity index is 853. The Morgan fingerprint density at radius 3 is 2.55 bits per heavy atom. The number of imide groups is 1. The molecule has 2 aliphatic heterocycles. The predicted molar refractivity (Wildman–Crippen MR) is 119 cm³/mol.